The van der Waals surface area contributed by atoms with E-state index in [0.717, 1.165) is 153 Å². The van der Waals surface area contributed by atoms with E-state index >= 15 is 0 Å². The molecule has 0 amide bonds. The highest BCUT2D eigenvalue weighted by atomic mass is 16.3. The van der Waals surface area contributed by atoms with Gasteiger partial charge < -0.3 is 27.1 Å². The second kappa shape index (κ2) is 20.3. The molecule has 6 heterocycles. The second-order valence-electron chi connectivity index (χ2n) is 29.0. The molecule has 20 aromatic rings. The SMILES string of the molecule is CC1(C)c2ccccc2-c2c1ccc1c2c2ccccc2n1-c1cc(C#N)c(-n2c3ccccc3c3c4c(ccc32)C(C)(C)c2cc(-c3cc5oc6ccccc6c5c5c3c3ccccc3n5-c3cc(C#N)c(-n5c6ccccc6c6ccc7oc8ccccc8c7c65)cc3C#N)ccc2-4)cc1C#N. The quantitative estimate of drug-likeness (QED) is 0.168. The minimum Gasteiger partial charge on any atom is -0.456 e. The van der Waals surface area contributed by atoms with Crippen molar-refractivity contribution in [3.8, 4) is 80.4 Å². The Balaban J connectivity index is 0.736. The Morgan fingerprint density at radius 1 is 0.269 bits per heavy atom. The van der Waals surface area contributed by atoms with Crippen LogP contribution in [0, 0.1) is 45.3 Å². The van der Waals surface area contributed by atoms with Gasteiger partial charge in [0.2, 0.25) is 0 Å². The topological polar surface area (TPSA) is 141 Å². The zero-order valence-corrected chi connectivity index (χ0v) is 56.6. The van der Waals surface area contributed by atoms with Gasteiger partial charge in [0.25, 0.3) is 0 Å². The van der Waals surface area contributed by atoms with Gasteiger partial charge in [-0.1, -0.05) is 185 Å². The smallest absolute Gasteiger partial charge is 0.138 e. The molecule has 14 aromatic carbocycles. The number of fused-ring (bicyclic) bond motifs is 28. The molecule has 0 aliphatic heterocycles. The summed E-state index contributed by atoms with van der Waals surface area (Å²) in [6.07, 6.45) is 0. The van der Waals surface area contributed by atoms with Crippen molar-refractivity contribution in [1.29, 1.82) is 21.0 Å². The number of furan rings is 2. The van der Waals surface area contributed by atoms with E-state index in [1.54, 1.807) is 0 Å². The number of hydrogen-bond acceptors (Lipinski definition) is 6. The first kappa shape index (κ1) is 57.7. The van der Waals surface area contributed by atoms with Crippen LogP contribution in [-0.4, -0.2) is 18.3 Å². The molecule has 6 aromatic heterocycles. The molecule has 0 bridgehead atoms. The Hall–Kier alpha value is -14.2. The second-order valence-corrected chi connectivity index (χ2v) is 29.0. The van der Waals surface area contributed by atoms with Crippen molar-refractivity contribution in [2.75, 3.05) is 0 Å². The predicted molar refractivity (Wildman–Crippen MR) is 418 cm³/mol. The highest BCUT2D eigenvalue weighted by Crippen LogP contribution is 2.57. The van der Waals surface area contributed by atoms with Crippen LogP contribution in [-0.2, 0) is 10.8 Å². The molecule has 0 fully saturated rings. The van der Waals surface area contributed by atoms with Gasteiger partial charge in [0.1, 0.15) is 46.6 Å². The number of benzene rings is 14. The zero-order valence-electron chi connectivity index (χ0n) is 56.6. The molecule has 0 unspecified atom stereocenters. The van der Waals surface area contributed by atoms with Gasteiger partial charge in [-0.05, 0) is 153 Å². The Morgan fingerprint density at radius 3 is 1.23 bits per heavy atom. The predicted octanol–water partition coefficient (Wildman–Crippen LogP) is 23.6. The third-order valence-electron chi connectivity index (χ3n) is 23.3. The first-order chi connectivity index (χ1) is 51.0. The van der Waals surface area contributed by atoms with Crippen molar-refractivity contribution in [3.63, 3.8) is 0 Å². The fraction of sp³-hybridized carbons (Fsp3) is 0.0638. The molecule has 0 atom stereocenters. The van der Waals surface area contributed by atoms with Gasteiger partial charge in [0.05, 0.1) is 99.9 Å². The van der Waals surface area contributed by atoms with Gasteiger partial charge in [-0.3, -0.25) is 0 Å². The molecule has 2 aliphatic rings. The van der Waals surface area contributed by atoms with Crippen LogP contribution in [0.25, 0.3) is 187 Å². The number of para-hydroxylation sites is 6. The van der Waals surface area contributed by atoms with Crippen molar-refractivity contribution >= 4 is 131 Å². The fourth-order valence-corrected chi connectivity index (χ4v) is 18.8. The molecule has 0 saturated carbocycles. The van der Waals surface area contributed by atoms with Crippen molar-refractivity contribution < 1.29 is 8.83 Å². The third kappa shape index (κ3) is 7.22. The lowest BCUT2D eigenvalue weighted by atomic mass is 9.81. The average Bonchev–Trinajstić information content (AvgIpc) is 1.55. The summed E-state index contributed by atoms with van der Waals surface area (Å²) in [6, 6.07) is 98.7. The minimum atomic E-state index is -0.494. The van der Waals surface area contributed by atoms with Crippen molar-refractivity contribution in [2.24, 2.45) is 0 Å². The number of aromatic nitrogens is 4. The van der Waals surface area contributed by atoms with Crippen LogP contribution in [0.3, 0.4) is 0 Å². The number of nitrogens with zero attached hydrogens (tertiary/aromatic N) is 8. The van der Waals surface area contributed by atoms with Crippen LogP contribution in [0.2, 0.25) is 0 Å². The Bertz CT molecular complexity index is 7610. The summed E-state index contributed by atoms with van der Waals surface area (Å²) in [5.41, 5.74) is 25.1. The standard InChI is InChI=1S/C94H54N8O2/c1-93(2)66-26-12-5-20-58(66)85-67(93)36-38-74-87(85)61-22-8-14-28-71(61)99(74)76-42-53(48-96)77(43-52(76)47-95)100-72-29-15-9-23-62(72)88-75(100)39-37-68-86(88)59-34-33-51(41-69(59)94(68,3)4)65-46-83-90(64-25-11-18-32-81(64)104-83)92-84(65)60-21-7-16-30-73(60)102(92)79-45-54(49-97)78(44-55(79)50-98)101-70-27-13-6-19-56(70)57-35-40-82-89(91(57)101)63-24-10-17-31-80(63)103-82/h5-46H,1-4H3. The lowest BCUT2D eigenvalue weighted by Crippen LogP contribution is -2.15. The summed E-state index contributed by atoms with van der Waals surface area (Å²) in [6.45, 7) is 9.22. The van der Waals surface area contributed by atoms with Gasteiger partial charge in [-0.15, -0.1) is 0 Å². The van der Waals surface area contributed by atoms with Crippen LogP contribution in [0.4, 0.5) is 0 Å². The highest BCUT2D eigenvalue weighted by Gasteiger charge is 2.40. The van der Waals surface area contributed by atoms with E-state index < -0.39 is 5.41 Å². The summed E-state index contributed by atoms with van der Waals surface area (Å²) in [5, 5.41) is 58.3. The third-order valence-corrected chi connectivity index (χ3v) is 23.3. The fourth-order valence-electron chi connectivity index (χ4n) is 18.8. The van der Waals surface area contributed by atoms with E-state index in [2.05, 4.69) is 228 Å². The van der Waals surface area contributed by atoms with Crippen LogP contribution >= 0.6 is 0 Å². The summed E-state index contributed by atoms with van der Waals surface area (Å²) in [4.78, 5) is 0. The lowest BCUT2D eigenvalue weighted by Gasteiger charge is -2.22. The largest absolute Gasteiger partial charge is 0.456 e. The molecule has 10 heteroatoms. The maximum atomic E-state index is 11.7. The summed E-state index contributed by atoms with van der Waals surface area (Å²) in [5.74, 6) is 0. The number of rotatable bonds is 5. The molecule has 0 N–H and O–H groups in total. The van der Waals surface area contributed by atoms with Gasteiger partial charge >= 0.3 is 0 Å². The maximum absolute atomic E-state index is 11.7. The van der Waals surface area contributed by atoms with E-state index in [1.165, 1.54) is 27.8 Å². The molecular weight excluding hydrogens is 1270 g/mol. The number of nitriles is 4. The van der Waals surface area contributed by atoms with E-state index in [4.69, 9.17) is 8.83 Å². The molecule has 0 spiro atoms. The van der Waals surface area contributed by atoms with E-state index in [-0.39, 0.29) is 5.41 Å². The molecule has 22 rings (SSSR count). The molecule has 104 heavy (non-hydrogen) atoms. The van der Waals surface area contributed by atoms with Gasteiger partial charge in [-0.2, -0.15) is 21.0 Å². The summed E-state index contributed by atoms with van der Waals surface area (Å²) >= 11 is 0. The van der Waals surface area contributed by atoms with Crippen LogP contribution in [0.1, 0.15) is 72.2 Å². The Morgan fingerprint density at radius 2 is 0.683 bits per heavy atom. The lowest BCUT2D eigenvalue weighted by molar-refractivity contribution is 0.661. The van der Waals surface area contributed by atoms with Gasteiger partial charge in [0, 0.05) is 64.7 Å². The molecule has 10 nitrogen and oxygen atoms in total. The van der Waals surface area contributed by atoms with Crippen LogP contribution < -0.4 is 0 Å². The molecule has 482 valence electrons. The first-order valence-electron chi connectivity index (χ1n) is 35.0. The summed E-state index contributed by atoms with van der Waals surface area (Å²) in [7, 11) is 0. The van der Waals surface area contributed by atoms with Crippen LogP contribution in [0.15, 0.2) is 264 Å². The Labute approximate surface area is 593 Å². The zero-order chi connectivity index (χ0) is 69.5. The highest BCUT2D eigenvalue weighted by molar-refractivity contribution is 6.30. The van der Waals surface area contributed by atoms with Crippen molar-refractivity contribution in [1.82, 2.24) is 18.3 Å². The molecule has 2 aliphatic carbocycles. The van der Waals surface area contributed by atoms with Crippen molar-refractivity contribution in [2.45, 2.75) is 38.5 Å². The monoisotopic (exact) mass is 1330 g/mol. The molecule has 0 radical (unpaired) electrons. The summed E-state index contributed by atoms with van der Waals surface area (Å²) < 4.78 is 22.2. The minimum absolute atomic E-state index is 0.206. The maximum Gasteiger partial charge on any atom is 0.138 e. The van der Waals surface area contributed by atoms with Crippen molar-refractivity contribution in [3.05, 3.63) is 299 Å². The van der Waals surface area contributed by atoms with E-state index in [9.17, 15) is 21.0 Å². The van der Waals surface area contributed by atoms with Gasteiger partial charge in [-0.25, -0.2) is 0 Å². The van der Waals surface area contributed by atoms with E-state index in [1.807, 2.05) is 97.1 Å². The average molecular weight is 1330 g/mol. The van der Waals surface area contributed by atoms with Crippen LogP contribution in [0.5, 0.6) is 0 Å². The normalized spacial score (nSPS) is 13.5. The molecular formula is C94H54N8O2. The number of hydrogen-bond donors (Lipinski definition) is 0. The van der Waals surface area contributed by atoms with Gasteiger partial charge in [0.15, 0.2) is 0 Å². The first-order valence-corrected chi connectivity index (χ1v) is 35.0. The Kier molecular flexibility index (Phi) is 11.3. The van der Waals surface area contributed by atoms with E-state index in [0.29, 0.717) is 50.6 Å². The molecule has 0 saturated heterocycles.